The molecule has 0 amide bonds. The van der Waals surface area contributed by atoms with Crippen LogP contribution in [-0.4, -0.2) is 33.0 Å². The lowest BCUT2D eigenvalue weighted by atomic mass is 10.1. The number of ether oxygens (including phenoxy) is 1. The van der Waals surface area contributed by atoms with Crippen LogP contribution in [0.5, 0.6) is 5.75 Å². The molecule has 0 unspecified atom stereocenters. The summed E-state index contributed by atoms with van der Waals surface area (Å²) in [5.74, 6) is 0.308. The Bertz CT molecular complexity index is 957. The summed E-state index contributed by atoms with van der Waals surface area (Å²) >= 11 is 0. The number of halogens is 1. The predicted molar refractivity (Wildman–Crippen MR) is 96.2 cm³/mol. The Morgan fingerprint density at radius 1 is 1.19 bits per heavy atom. The molecule has 3 aromatic rings. The minimum atomic E-state index is -0.290. The Morgan fingerprint density at radius 3 is 2.78 bits per heavy atom. The molecule has 1 aromatic heterocycles. The van der Waals surface area contributed by atoms with Crippen LogP contribution in [0, 0.1) is 17.1 Å². The predicted octanol–water partition coefficient (Wildman–Crippen LogP) is 2.92. The lowest BCUT2D eigenvalue weighted by Crippen LogP contribution is -2.47. The topological polar surface area (TPSA) is 67.0 Å². The van der Waals surface area contributed by atoms with Gasteiger partial charge in [-0.05, 0) is 42.0 Å². The van der Waals surface area contributed by atoms with Gasteiger partial charge in [-0.15, -0.1) is 5.10 Å². The third kappa shape index (κ3) is 4.13. The highest BCUT2D eigenvalue weighted by Gasteiger charge is 2.29. The molecule has 0 spiro atoms. The molecule has 2 aromatic carbocycles. The van der Waals surface area contributed by atoms with Gasteiger partial charge in [0.05, 0.1) is 23.9 Å². The number of nitrogens with zero attached hydrogens (tertiary/aromatic N) is 5. The smallest absolute Gasteiger partial charge is 0.134 e. The van der Waals surface area contributed by atoms with E-state index >= 15 is 0 Å². The molecule has 7 heteroatoms. The van der Waals surface area contributed by atoms with Crippen LogP contribution in [0.4, 0.5) is 4.39 Å². The molecule has 0 radical (unpaired) electrons. The minimum Gasteiger partial charge on any atom is -0.487 e. The van der Waals surface area contributed by atoms with Crippen LogP contribution in [-0.2, 0) is 13.2 Å². The standard InChI is InChI=1S/C20H18FN5O/c21-17-4-6-20(7-5-17)27-14-18-11-26(24-23-18)19-12-25(13-19)10-16-3-1-2-15(8-16)9-22/h1-8,11,19H,10,12-14H2. The minimum absolute atomic E-state index is 0.288. The van der Waals surface area contributed by atoms with Gasteiger partial charge in [0.25, 0.3) is 0 Å². The highest BCUT2D eigenvalue weighted by Crippen LogP contribution is 2.23. The fourth-order valence-corrected chi connectivity index (χ4v) is 3.08. The molecular formula is C20H18FN5O. The van der Waals surface area contributed by atoms with E-state index in [9.17, 15) is 4.39 Å². The average Bonchev–Trinajstić information content (AvgIpc) is 3.12. The zero-order valence-corrected chi connectivity index (χ0v) is 14.6. The molecule has 1 fully saturated rings. The summed E-state index contributed by atoms with van der Waals surface area (Å²) in [5, 5.41) is 17.3. The number of benzene rings is 2. The van der Waals surface area contributed by atoms with E-state index in [1.165, 1.54) is 12.1 Å². The van der Waals surface area contributed by atoms with E-state index in [1.54, 1.807) is 12.1 Å². The monoisotopic (exact) mass is 363 g/mol. The van der Waals surface area contributed by atoms with Gasteiger partial charge in [-0.25, -0.2) is 9.07 Å². The number of aromatic nitrogens is 3. The maximum Gasteiger partial charge on any atom is 0.134 e. The van der Waals surface area contributed by atoms with E-state index in [0.717, 1.165) is 30.9 Å². The van der Waals surface area contributed by atoms with Gasteiger partial charge in [0.15, 0.2) is 0 Å². The summed E-state index contributed by atoms with van der Waals surface area (Å²) in [7, 11) is 0. The van der Waals surface area contributed by atoms with Gasteiger partial charge in [-0.1, -0.05) is 17.3 Å². The van der Waals surface area contributed by atoms with E-state index in [0.29, 0.717) is 17.9 Å². The second-order valence-electron chi connectivity index (χ2n) is 6.59. The van der Waals surface area contributed by atoms with E-state index < -0.39 is 0 Å². The molecule has 0 atom stereocenters. The Balaban J connectivity index is 1.27. The van der Waals surface area contributed by atoms with Crippen molar-refractivity contribution < 1.29 is 9.13 Å². The van der Waals surface area contributed by atoms with Crippen LogP contribution >= 0.6 is 0 Å². The molecule has 1 saturated heterocycles. The van der Waals surface area contributed by atoms with Crippen LogP contribution in [0.3, 0.4) is 0 Å². The average molecular weight is 363 g/mol. The molecule has 27 heavy (non-hydrogen) atoms. The van der Waals surface area contributed by atoms with Crippen molar-refractivity contribution in [2.75, 3.05) is 13.1 Å². The summed E-state index contributed by atoms with van der Waals surface area (Å²) < 4.78 is 20.4. The maximum atomic E-state index is 12.9. The molecule has 0 saturated carbocycles. The van der Waals surface area contributed by atoms with Gasteiger partial charge in [0.2, 0.25) is 0 Å². The lowest BCUT2D eigenvalue weighted by molar-refractivity contribution is 0.0896. The zero-order chi connectivity index (χ0) is 18.6. The van der Waals surface area contributed by atoms with E-state index in [2.05, 4.69) is 21.3 Å². The summed E-state index contributed by atoms with van der Waals surface area (Å²) in [6.07, 6.45) is 1.89. The van der Waals surface area contributed by atoms with Crippen molar-refractivity contribution in [2.45, 2.75) is 19.2 Å². The van der Waals surface area contributed by atoms with Crippen LogP contribution < -0.4 is 4.74 Å². The van der Waals surface area contributed by atoms with Crippen molar-refractivity contribution in [3.8, 4) is 11.8 Å². The number of rotatable bonds is 6. The Hall–Kier alpha value is -3.24. The van der Waals surface area contributed by atoms with Crippen LogP contribution in [0.1, 0.15) is 22.9 Å². The SMILES string of the molecule is N#Cc1cccc(CN2CC(n3cc(COc4ccc(F)cc4)nn3)C2)c1. The zero-order valence-electron chi connectivity index (χ0n) is 14.6. The van der Waals surface area contributed by atoms with Crippen molar-refractivity contribution in [1.82, 2.24) is 19.9 Å². The molecule has 2 heterocycles. The first-order chi connectivity index (χ1) is 13.2. The highest BCUT2D eigenvalue weighted by atomic mass is 19.1. The maximum absolute atomic E-state index is 12.9. The third-order valence-corrected chi connectivity index (χ3v) is 4.53. The number of hydrogen-bond acceptors (Lipinski definition) is 5. The van der Waals surface area contributed by atoms with Crippen molar-refractivity contribution in [3.63, 3.8) is 0 Å². The van der Waals surface area contributed by atoms with Gasteiger partial charge in [-0.2, -0.15) is 5.26 Å². The first-order valence-electron chi connectivity index (χ1n) is 8.70. The van der Waals surface area contributed by atoms with E-state index in [4.69, 9.17) is 10.00 Å². The molecule has 0 bridgehead atoms. The largest absolute Gasteiger partial charge is 0.487 e. The van der Waals surface area contributed by atoms with Gasteiger partial charge < -0.3 is 4.74 Å². The van der Waals surface area contributed by atoms with E-state index in [1.807, 2.05) is 35.1 Å². The van der Waals surface area contributed by atoms with E-state index in [-0.39, 0.29) is 11.9 Å². The summed E-state index contributed by atoms with van der Waals surface area (Å²) in [6, 6.07) is 16.0. The fourth-order valence-electron chi connectivity index (χ4n) is 3.08. The number of likely N-dealkylation sites (tertiary alicyclic amines) is 1. The Kier molecular flexibility index (Phi) is 4.81. The van der Waals surface area contributed by atoms with Crippen LogP contribution in [0.2, 0.25) is 0 Å². The van der Waals surface area contributed by atoms with Crippen molar-refractivity contribution in [1.29, 1.82) is 5.26 Å². The summed E-state index contributed by atoms with van der Waals surface area (Å²) in [6.45, 7) is 2.89. The molecule has 0 N–H and O–H groups in total. The molecular weight excluding hydrogens is 345 g/mol. The van der Waals surface area contributed by atoms with Crippen LogP contribution in [0.15, 0.2) is 54.7 Å². The normalized spacial score (nSPS) is 14.5. The molecule has 136 valence electrons. The second-order valence-corrected chi connectivity index (χ2v) is 6.59. The van der Waals surface area contributed by atoms with Crippen molar-refractivity contribution >= 4 is 0 Å². The van der Waals surface area contributed by atoms with Gasteiger partial charge in [0, 0.05) is 19.6 Å². The molecule has 4 rings (SSSR count). The second kappa shape index (κ2) is 7.56. The van der Waals surface area contributed by atoms with Crippen molar-refractivity contribution in [2.24, 2.45) is 0 Å². The Morgan fingerprint density at radius 2 is 2.00 bits per heavy atom. The molecule has 6 nitrogen and oxygen atoms in total. The van der Waals surface area contributed by atoms with Gasteiger partial charge in [-0.3, -0.25) is 4.90 Å². The highest BCUT2D eigenvalue weighted by molar-refractivity contribution is 5.32. The van der Waals surface area contributed by atoms with Gasteiger partial charge >= 0.3 is 0 Å². The Labute approximate surface area is 156 Å². The first-order valence-corrected chi connectivity index (χ1v) is 8.70. The summed E-state index contributed by atoms with van der Waals surface area (Å²) in [4.78, 5) is 2.30. The molecule has 0 aliphatic carbocycles. The lowest BCUT2D eigenvalue weighted by Gasteiger charge is -2.38. The summed E-state index contributed by atoms with van der Waals surface area (Å²) in [5.41, 5.74) is 2.56. The fraction of sp³-hybridized carbons (Fsp3) is 0.250. The first kappa shape index (κ1) is 17.2. The molecule has 1 aliphatic heterocycles. The number of hydrogen-bond donors (Lipinski definition) is 0. The van der Waals surface area contributed by atoms with Gasteiger partial charge in [0.1, 0.15) is 23.9 Å². The number of nitriles is 1. The van der Waals surface area contributed by atoms with Crippen molar-refractivity contribution in [3.05, 3.63) is 77.4 Å². The van der Waals surface area contributed by atoms with Crippen LogP contribution in [0.25, 0.3) is 0 Å². The third-order valence-electron chi connectivity index (χ3n) is 4.53. The quantitative estimate of drug-likeness (QED) is 0.674. The molecule has 1 aliphatic rings.